The SMILES string of the molecule is CCn1nc(C)c(N)c1N1CCc2ccccc2CC1. The van der Waals surface area contributed by atoms with Crippen LogP contribution in [-0.4, -0.2) is 22.9 Å². The van der Waals surface area contributed by atoms with Crippen LogP contribution in [-0.2, 0) is 19.4 Å². The molecule has 0 fully saturated rings. The van der Waals surface area contributed by atoms with Gasteiger partial charge in [0.25, 0.3) is 0 Å². The molecule has 3 rings (SSSR count). The highest BCUT2D eigenvalue weighted by atomic mass is 15.4. The lowest BCUT2D eigenvalue weighted by Crippen LogP contribution is -2.29. The van der Waals surface area contributed by atoms with Crippen molar-refractivity contribution in [1.29, 1.82) is 0 Å². The number of aromatic nitrogens is 2. The van der Waals surface area contributed by atoms with Crippen LogP contribution in [0.3, 0.4) is 0 Å². The first-order chi connectivity index (χ1) is 9.70. The van der Waals surface area contributed by atoms with Crippen molar-refractivity contribution in [1.82, 2.24) is 9.78 Å². The summed E-state index contributed by atoms with van der Waals surface area (Å²) in [7, 11) is 0. The minimum absolute atomic E-state index is 0.831. The Labute approximate surface area is 120 Å². The van der Waals surface area contributed by atoms with Crippen molar-refractivity contribution in [3.8, 4) is 0 Å². The average Bonchev–Trinajstić information content (AvgIpc) is 2.66. The molecule has 0 aliphatic carbocycles. The van der Waals surface area contributed by atoms with Gasteiger partial charge < -0.3 is 10.6 Å². The first-order valence-corrected chi connectivity index (χ1v) is 7.35. The molecule has 0 spiro atoms. The van der Waals surface area contributed by atoms with Crippen LogP contribution in [0.1, 0.15) is 23.7 Å². The fraction of sp³-hybridized carbons (Fsp3) is 0.438. The van der Waals surface area contributed by atoms with Gasteiger partial charge in [0.15, 0.2) is 5.82 Å². The Morgan fingerprint density at radius 3 is 2.30 bits per heavy atom. The van der Waals surface area contributed by atoms with Gasteiger partial charge in [-0.05, 0) is 37.8 Å². The first kappa shape index (κ1) is 13.0. The van der Waals surface area contributed by atoms with Gasteiger partial charge in [0.05, 0.1) is 11.4 Å². The van der Waals surface area contributed by atoms with Crippen molar-refractivity contribution in [3.05, 3.63) is 41.1 Å². The highest BCUT2D eigenvalue weighted by molar-refractivity contribution is 5.66. The van der Waals surface area contributed by atoms with Gasteiger partial charge in [0, 0.05) is 19.6 Å². The number of hydrogen-bond donors (Lipinski definition) is 1. The van der Waals surface area contributed by atoms with Crippen molar-refractivity contribution in [2.75, 3.05) is 23.7 Å². The number of fused-ring (bicyclic) bond motifs is 1. The zero-order valence-electron chi connectivity index (χ0n) is 12.3. The Kier molecular flexibility index (Phi) is 3.38. The summed E-state index contributed by atoms with van der Waals surface area (Å²) in [6.07, 6.45) is 2.15. The van der Waals surface area contributed by atoms with Crippen LogP contribution in [0.15, 0.2) is 24.3 Å². The standard InChI is InChI=1S/C16H22N4/c1-3-20-16(15(17)12(2)18-20)19-10-8-13-6-4-5-7-14(13)9-11-19/h4-7H,3,8-11,17H2,1-2H3. The topological polar surface area (TPSA) is 47.1 Å². The summed E-state index contributed by atoms with van der Waals surface area (Å²) in [6, 6.07) is 8.74. The largest absolute Gasteiger partial charge is 0.394 e. The minimum Gasteiger partial charge on any atom is -0.394 e. The highest BCUT2D eigenvalue weighted by Gasteiger charge is 2.21. The zero-order chi connectivity index (χ0) is 14.1. The molecule has 106 valence electrons. The monoisotopic (exact) mass is 270 g/mol. The molecule has 0 saturated heterocycles. The van der Waals surface area contributed by atoms with Crippen LogP contribution in [0.25, 0.3) is 0 Å². The quantitative estimate of drug-likeness (QED) is 0.911. The first-order valence-electron chi connectivity index (χ1n) is 7.35. The highest BCUT2D eigenvalue weighted by Crippen LogP contribution is 2.28. The van der Waals surface area contributed by atoms with E-state index in [0.29, 0.717) is 0 Å². The Hall–Kier alpha value is -1.97. The second kappa shape index (κ2) is 5.19. The predicted molar refractivity (Wildman–Crippen MR) is 83.1 cm³/mol. The molecule has 4 nitrogen and oxygen atoms in total. The number of nitrogens with zero attached hydrogens (tertiary/aromatic N) is 3. The number of rotatable bonds is 2. The van der Waals surface area contributed by atoms with E-state index in [0.717, 1.165) is 49.7 Å². The summed E-state index contributed by atoms with van der Waals surface area (Å²) in [5, 5.41) is 4.53. The zero-order valence-corrected chi connectivity index (χ0v) is 12.3. The fourth-order valence-electron chi connectivity index (χ4n) is 3.02. The number of nitrogen functional groups attached to an aromatic ring is 1. The van der Waals surface area contributed by atoms with Crippen molar-refractivity contribution in [2.24, 2.45) is 0 Å². The van der Waals surface area contributed by atoms with Crippen molar-refractivity contribution >= 4 is 11.5 Å². The number of aryl methyl sites for hydroxylation is 2. The molecule has 0 radical (unpaired) electrons. The van der Waals surface area contributed by atoms with E-state index < -0.39 is 0 Å². The molecule has 2 heterocycles. The molecule has 0 bridgehead atoms. The third-order valence-electron chi connectivity index (χ3n) is 4.17. The van der Waals surface area contributed by atoms with Gasteiger partial charge in [-0.15, -0.1) is 0 Å². The van der Waals surface area contributed by atoms with E-state index in [1.165, 1.54) is 11.1 Å². The molecule has 1 aromatic heterocycles. The summed E-state index contributed by atoms with van der Waals surface area (Å²) in [6.45, 7) is 6.97. The molecule has 20 heavy (non-hydrogen) atoms. The van der Waals surface area contributed by atoms with Gasteiger partial charge in [-0.1, -0.05) is 24.3 Å². The normalized spacial score (nSPS) is 15.0. The van der Waals surface area contributed by atoms with Gasteiger partial charge in [-0.25, -0.2) is 4.68 Å². The van der Waals surface area contributed by atoms with E-state index >= 15 is 0 Å². The summed E-state index contributed by atoms with van der Waals surface area (Å²) < 4.78 is 2.03. The Balaban J connectivity index is 1.91. The summed E-state index contributed by atoms with van der Waals surface area (Å²) in [4.78, 5) is 2.39. The molecule has 2 N–H and O–H groups in total. The van der Waals surface area contributed by atoms with Crippen LogP contribution in [0.2, 0.25) is 0 Å². The van der Waals surface area contributed by atoms with Gasteiger partial charge in [0.2, 0.25) is 0 Å². The second-order valence-corrected chi connectivity index (χ2v) is 5.39. The second-order valence-electron chi connectivity index (χ2n) is 5.39. The molecule has 1 aliphatic rings. The fourth-order valence-corrected chi connectivity index (χ4v) is 3.02. The molecule has 1 aromatic carbocycles. The molecule has 4 heteroatoms. The average molecular weight is 270 g/mol. The molecule has 1 aliphatic heterocycles. The van der Waals surface area contributed by atoms with E-state index in [1.54, 1.807) is 0 Å². The van der Waals surface area contributed by atoms with Crippen molar-refractivity contribution in [2.45, 2.75) is 33.2 Å². The van der Waals surface area contributed by atoms with Crippen molar-refractivity contribution in [3.63, 3.8) is 0 Å². The maximum Gasteiger partial charge on any atom is 0.150 e. The maximum atomic E-state index is 6.24. The lowest BCUT2D eigenvalue weighted by Gasteiger charge is -2.23. The lowest BCUT2D eigenvalue weighted by atomic mass is 10.0. The number of anilines is 2. The van der Waals surface area contributed by atoms with E-state index in [2.05, 4.69) is 41.2 Å². The number of nitrogens with two attached hydrogens (primary N) is 1. The minimum atomic E-state index is 0.831. The maximum absolute atomic E-state index is 6.24. The summed E-state index contributed by atoms with van der Waals surface area (Å²) >= 11 is 0. The number of hydrogen-bond acceptors (Lipinski definition) is 3. The number of benzene rings is 1. The molecule has 0 amide bonds. The van der Waals surface area contributed by atoms with Gasteiger partial charge in [-0.3, -0.25) is 0 Å². The van der Waals surface area contributed by atoms with Gasteiger partial charge in [-0.2, -0.15) is 5.10 Å². The Morgan fingerprint density at radius 1 is 1.15 bits per heavy atom. The summed E-state index contributed by atoms with van der Waals surface area (Å²) in [5.74, 6) is 1.10. The van der Waals surface area contributed by atoms with Crippen molar-refractivity contribution < 1.29 is 0 Å². The molecule has 0 unspecified atom stereocenters. The third kappa shape index (κ3) is 2.15. The Bertz CT molecular complexity index is 588. The molecule has 0 saturated carbocycles. The van der Waals surface area contributed by atoms with Gasteiger partial charge >= 0.3 is 0 Å². The van der Waals surface area contributed by atoms with E-state index in [-0.39, 0.29) is 0 Å². The van der Waals surface area contributed by atoms with E-state index in [1.807, 2.05) is 11.6 Å². The van der Waals surface area contributed by atoms with Crippen LogP contribution in [0.5, 0.6) is 0 Å². The third-order valence-corrected chi connectivity index (χ3v) is 4.17. The van der Waals surface area contributed by atoms with E-state index in [4.69, 9.17) is 5.73 Å². The van der Waals surface area contributed by atoms with E-state index in [9.17, 15) is 0 Å². The summed E-state index contributed by atoms with van der Waals surface area (Å²) in [5.41, 5.74) is 10.9. The molecule has 0 atom stereocenters. The van der Waals surface area contributed by atoms with Crippen LogP contribution < -0.4 is 10.6 Å². The van der Waals surface area contributed by atoms with Crippen LogP contribution in [0, 0.1) is 6.92 Å². The Morgan fingerprint density at radius 2 is 1.75 bits per heavy atom. The smallest absolute Gasteiger partial charge is 0.150 e. The van der Waals surface area contributed by atoms with Crippen LogP contribution >= 0.6 is 0 Å². The molecular weight excluding hydrogens is 248 g/mol. The van der Waals surface area contributed by atoms with Gasteiger partial charge in [0.1, 0.15) is 0 Å². The lowest BCUT2D eigenvalue weighted by molar-refractivity contribution is 0.630. The predicted octanol–water partition coefficient (Wildman–Crippen LogP) is 2.40. The van der Waals surface area contributed by atoms with Crippen LogP contribution in [0.4, 0.5) is 11.5 Å². The molecule has 2 aromatic rings. The molecular formula is C16H22N4.